The van der Waals surface area contributed by atoms with Gasteiger partial charge in [-0.3, -0.25) is 4.79 Å². The van der Waals surface area contributed by atoms with E-state index in [0.717, 1.165) is 48.1 Å². The second kappa shape index (κ2) is 6.91. The molecule has 0 aromatic carbocycles. The first-order chi connectivity index (χ1) is 10.8. The van der Waals surface area contributed by atoms with Crippen molar-refractivity contribution in [2.24, 2.45) is 0 Å². The van der Waals surface area contributed by atoms with Gasteiger partial charge in [-0.25, -0.2) is 15.0 Å². The first-order valence-corrected chi connectivity index (χ1v) is 8.54. The van der Waals surface area contributed by atoms with Crippen LogP contribution in [0.3, 0.4) is 0 Å². The maximum atomic E-state index is 12.1. The smallest absolute Gasteiger partial charge is 0.243 e. The molecule has 116 valence electrons. The van der Waals surface area contributed by atoms with Crippen LogP contribution in [0.5, 0.6) is 0 Å². The molecule has 0 aliphatic carbocycles. The van der Waals surface area contributed by atoms with E-state index in [4.69, 9.17) is 0 Å². The first-order valence-electron chi connectivity index (χ1n) is 7.55. The summed E-state index contributed by atoms with van der Waals surface area (Å²) in [7, 11) is 0. The first kappa shape index (κ1) is 15.0. The number of thioether (sulfide) groups is 1. The van der Waals surface area contributed by atoms with E-state index in [1.807, 2.05) is 10.8 Å². The third kappa shape index (κ3) is 3.14. The molecule has 0 radical (unpaired) electrons. The third-order valence-corrected chi connectivity index (χ3v) is 4.66. The summed E-state index contributed by atoms with van der Waals surface area (Å²) in [6.07, 6.45) is 10.0. The predicted molar refractivity (Wildman–Crippen MR) is 85.5 cm³/mol. The van der Waals surface area contributed by atoms with Crippen LogP contribution in [0.4, 0.5) is 0 Å². The minimum absolute atomic E-state index is 0.0570. The molecule has 6 nitrogen and oxygen atoms in total. The monoisotopic (exact) mass is 317 g/mol. The lowest BCUT2D eigenvalue weighted by molar-refractivity contribution is -0.125. The lowest BCUT2D eigenvalue weighted by Crippen LogP contribution is -2.37. The number of nitrogens with one attached hydrogen (secondary N) is 1. The van der Waals surface area contributed by atoms with Crippen molar-refractivity contribution in [1.29, 1.82) is 0 Å². The van der Waals surface area contributed by atoms with E-state index in [1.165, 1.54) is 0 Å². The van der Waals surface area contributed by atoms with Crippen LogP contribution in [-0.2, 0) is 4.79 Å². The minimum Gasteiger partial charge on any atom is -0.354 e. The van der Waals surface area contributed by atoms with Crippen LogP contribution in [0.25, 0.3) is 11.4 Å². The Hall–Kier alpha value is -1.89. The summed E-state index contributed by atoms with van der Waals surface area (Å²) in [5.74, 6) is 1.81. The summed E-state index contributed by atoms with van der Waals surface area (Å²) in [4.78, 5) is 25.2. The Bertz CT molecular complexity index is 640. The average Bonchev–Trinajstić information content (AvgIpc) is 3.03. The number of piperidine rings is 1. The molecule has 1 aliphatic heterocycles. The fourth-order valence-corrected chi connectivity index (χ4v) is 3.15. The molecule has 1 N–H and O–H groups in total. The number of carbonyl (C=O) groups excluding carboxylic acids is 1. The minimum atomic E-state index is -0.194. The molecule has 2 aromatic rings. The molecular weight excluding hydrogens is 298 g/mol. The van der Waals surface area contributed by atoms with Crippen molar-refractivity contribution in [2.45, 2.75) is 37.4 Å². The molecule has 2 aromatic heterocycles. The standard InChI is InChI=1S/C15H19N5OS/c1-2-8-22-15-18-9-11(10-19-15)13-16-6-7-20(13)12-4-3-5-17-14(12)21/h6-7,9-10,12H,2-5,8H2,1H3,(H,17,21)/t12-/m0/s1. The van der Waals surface area contributed by atoms with Gasteiger partial charge in [-0.15, -0.1) is 0 Å². The molecule has 1 aliphatic rings. The highest BCUT2D eigenvalue weighted by Gasteiger charge is 2.25. The lowest BCUT2D eigenvalue weighted by atomic mass is 10.1. The van der Waals surface area contributed by atoms with Crippen molar-refractivity contribution in [3.63, 3.8) is 0 Å². The topological polar surface area (TPSA) is 72.7 Å². The zero-order valence-electron chi connectivity index (χ0n) is 12.5. The molecule has 7 heteroatoms. The Morgan fingerprint density at radius 3 is 2.91 bits per heavy atom. The second-order valence-corrected chi connectivity index (χ2v) is 6.27. The van der Waals surface area contributed by atoms with Crippen molar-refractivity contribution in [2.75, 3.05) is 12.3 Å². The number of carbonyl (C=O) groups is 1. The van der Waals surface area contributed by atoms with Gasteiger partial charge >= 0.3 is 0 Å². The van der Waals surface area contributed by atoms with Crippen LogP contribution in [0.15, 0.2) is 29.9 Å². The highest BCUT2D eigenvalue weighted by Crippen LogP contribution is 2.25. The molecule has 3 rings (SSSR count). The molecular formula is C15H19N5OS. The number of amides is 1. The molecule has 1 atom stereocenters. The van der Waals surface area contributed by atoms with Crippen molar-refractivity contribution < 1.29 is 4.79 Å². The zero-order chi connectivity index (χ0) is 15.4. The quantitative estimate of drug-likeness (QED) is 0.676. The van der Waals surface area contributed by atoms with Gasteiger partial charge in [-0.1, -0.05) is 18.7 Å². The maximum absolute atomic E-state index is 12.1. The van der Waals surface area contributed by atoms with E-state index in [2.05, 4.69) is 27.2 Å². The van der Waals surface area contributed by atoms with Crippen LogP contribution in [0, 0.1) is 0 Å². The molecule has 1 saturated heterocycles. The van der Waals surface area contributed by atoms with Crippen molar-refractivity contribution in [3.05, 3.63) is 24.8 Å². The van der Waals surface area contributed by atoms with E-state index in [9.17, 15) is 4.79 Å². The second-order valence-electron chi connectivity index (χ2n) is 5.21. The van der Waals surface area contributed by atoms with E-state index in [-0.39, 0.29) is 11.9 Å². The lowest BCUT2D eigenvalue weighted by Gasteiger charge is -2.24. The van der Waals surface area contributed by atoms with Crippen LogP contribution in [-0.4, -0.2) is 37.7 Å². The Morgan fingerprint density at radius 2 is 2.18 bits per heavy atom. The molecule has 0 unspecified atom stereocenters. The summed E-state index contributed by atoms with van der Waals surface area (Å²) in [5, 5.41) is 3.69. The Morgan fingerprint density at radius 1 is 1.36 bits per heavy atom. The van der Waals surface area contributed by atoms with Gasteiger partial charge in [0.25, 0.3) is 0 Å². The van der Waals surface area contributed by atoms with E-state index >= 15 is 0 Å². The third-order valence-electron chi connectivity index (χ3n) is 3.58. The number of hydrogen-bond acceptors (Lipinski definition) is 5. The molecule has 1 amide bonds. The van der Waals surface area contributed by atoms with Gasteiger partial charge in [0.1, 0.15) is 11.9 Å². The number of nitrogens with zero attached hydrogens (tertiary/aromatic N) is 4. The summed E-state index contributed by atoms with van der Waals surface area (Å²) in [5.41, 5.74) is 0.837. The Labute approximate surface area is 133 Å². The van der Waals surface area contributed by atoms with Gasteiger partial charge in [0.15, 0.2) is 5.16 Å². The van der Waals surface area contributed by atoms with Gasteiger partial charge in [0.2, 0.25) is 5.91 Å². The summed E-state index contributed by atoms with van der Waals surface area (Å²) in [6, 6.07) is -0.194. The normalized spacial score (nSPS) is 18.2. The van der Waals surface area contributed by atoms with Gasteiger partial charge < -0.3 is 9.88 Å². The summed E-state index contributed by atoms with van der Waals surface area (Å²) >= 11 is 1.65. The highest BCUT2D eigenvalue weighted by atomic mass is 32.2. The van der Waals surface area contributed by atoms with Gasteiger partial charge in [-0.05, 0) is 19.3 Å². The molecule has 0 bridgehead atoms. The van der Waals surface area contributed by atoms with Gasteiger partial charge in [-0.2, -0.15) is 0 Å². The van der Waals surface area contributed by atoms with E-state index in [0.29, 0.717) is 0 Å². The van der Waals surface area contributed by atoms with Crippen LogP contribution < -0.4 is 5.32 Å². The van der Waals surface area contributed by atoms with Crippen molar-refractivity contribution in [3.8, 4) is 11.4 Å². The number of aromatic nitrogens is 4. The molecule has 0 spiro atoms. The Kier molecular flexibility index (Phi) is 4.72. The zero-order valence-corrected chi connectivity index (χ0v) is 13.3. The van der Waals surface area contributed by atoms with Crippen LogP contribution >= 0.6 is 11.8 Å². The summed E-state index contributed by atoms with van der Waals surface area (Å²) < 4.78 is 1.92. The number of imidazole rings is 1. The maximum Gasteiger partial charge on any atom is 0.243 e. The summed E-state index contributed by atoms with van der Waals surface area (Å²) in [6.45, 7) is 2.89. The SMILES string of the molecule is CCCSc1ncc(-c2nccn2[C@H]2CCCNC2=O)cn1. The predicted octanol–water partition coefficient (Wildman–Crippen LogP) is 2.29. The molecule has 22 heavy (non-hydrogen) atoms. The number of rotatable bonds is 5. The average molecular weight is 317 g/mol. The van der Waals surface area contributed by atoms with Gasteiger partial charge in [0, 0.05) is 37.1 Å². The molecule has 0 saturated carbocycles. The largest absolute Gasteiger partial charge is 0.354 e. The van der Waals surface area contributed by atoms with E-state index in [1.54, 1.807) is 30.4 Å². The van der Waals surface area contributed by atoms with Crippen LogP contribution in [0.1, 0.15) is 32.2 Å². The van der Waals surface area contributed by atoms with Crippen molar-refractivity contribution >= 4 is 17.7 Å². The molecule has 1 fully saturated rings. The van der Waals surface area contributed by atoms with Crippen molar-refractivity contribution in [1.82, 2.24) is 24.8 Å². The number of hydrogen-bond donors (Lipinski definition) is 1. The fourth-order valence-electron chi connectivity index (χ4n) is 2.51. The van der Waals surface area contributed by atoms with Crippen LogP contribution in [0.2, 0.25) is 0 Å². The van der Waals surface area contributed by atoms with Gasteiger partial charge in [0.05, 0.1) is 5.56 Å². The van der Waals surface area contributed by atoms with E-state index < -0.39 is 0 Å². The highest BCUT2D eigenvalue weighted by molar-refractivity contribution is 7.99. The Balaban J connectivity index is 1.83. The molecule has 3 heterocycles. The fraction of sp³-hybridized carbons (Fsp3) is 0.467.